The van der Waals surface area contributed by atoms with Crippen LogP contribution in [0.2, 0.25) is 0 Å². The van der Waals surface area contributed by atoms with E-state index in [1.165, 1.54) is 0 Å². The average molecular weight is 217 g/mol. The van der Waals surface area contributed by atoms with Gasteiger partial charge in [-0.2, -0.15) is 4.98 Å². The van der Waals surface area contributed by atoms with E-state index in [0.29, 0.717) is 6.04 Å². The molecule has 1 N–H and O–H groups in total. The van der Waals surface area contributed by atoms with Crippen molar-refractivity contribution in [2.75, 3.05) is 24.5 Å². The highest BCUT2D eigenvalue weighted by Crippen LogP contribution is 2.15. The highest BCUT2D eigenvalue weighted by atomic mass is 15.4. The predicted octanol–water partition coefficient (Wildman–Crippen LogP) is 0.527. The molecule has 0 amide bonds. The number of nitrogens with one attached hydrogen (secondary N) is 1. The van der Waals surface area contributed by atoms with Gasteiger partial charge in [0.15, 0.2) is 5.65 Å². The molecule has 0 spiro atoms. The quantitative estimate of drug-likeness (QED) is 0.814. The molecular weight excluding hydrogens is 202 g/mol. The molecule has 0 atom stereocenters. The molecule has 16 heavy (non-hydrogen) atoms. The molecule has 2 aromatic heterocycles. The maximum Gasteiger partial charge on any atom is 0.246 e. The van der Waals surface area contributed by atoms with Gasteiger partial charge in [-0.15, -0.1) is 5.10 Å². The van der Waals surface area contributed by atoms with Crippen LogP contribution in [0, 0.1) is 0 Å². The third-order valence-electron chi connectivity index (χ3n) is 3.03. The first-order valence-corrected chi connectivity index (χ1v) is 5.67. The van der Waals surface area contributed by atoms with Crippen molar-refractivity contribution in [2.24, 2.45) is 0 Å². The summed E-state index contributed by atoms with van der Waals surface area (Å²) < 4.78 is 1.82. The molecule has 0 aliphatic carbocycles. The van der Waals surface area contributed by atoms with Crippen molar-refractivity contribution in [3.8, 4) is 0 Å². The SMILES string of the molecule is CCN(c1nc2ccccn2n1)C1CNC1. The number of likely N-dealkylation sites (N-methyl/N-ethyl adjacent to an activating group) is 1. The Kier molecular flexibility index (Phi) is 2.25. The van der Waals surface area contributed by atoms with Gasteiger partial charge in [0, 0.05) is 25.8 Å². The van der Waals surface area contributed by atoms with Crippen molar-refractivity contribution in [1.29, 1.82) is 0 Å². The van der Waals surface area contributed by atoms with E-state index in [1.807, 2.05) is 28.9 Å². The largest absolute Gasteiger partial charge is 0.334 e. The summed E-state index contributed by atoms with van der Waals surface area (Å²) in [5.41, 5.74) is 0.906. The van der Waals surface area contributed by atoms with E-state index in [9.17, 15) is 0 Å². The van der Waals surface area contributed by atoms with E-state index in [1.54, 1.807) is 0 Å². The van der Waals surface area contributed by atoms with Gasteiger partial charge in [0.05, 0.1) is 6.04 Å². The van der Waals surface area contributed by atoms with Crippen LogP contribution >= 0.6 is 0 Å². The van der Waals surface area contributed by atoms with Gasteiger partial charge >= 0.3 is 0 Å². The van der Waals surface area contributed by atoms with Crippen LogP contribution in [-0.4, -0.2) is 40.3 Å². The lowest BCUT2D eigenvalue weighted by atomic mass is 10.1. The number of fused-ring (bicyclic) bond motifs is 1. The molecule has 1 fully saturated rings. The molecule has 1 aliphatic heterocycles. The third-order valence-corrected chi connectivity index (χ3v) is 3.03. The predicted molar refractivity (Wildman–Crippen MR) is 62.7 cm³/mol. The molecule has 1 saturated heterocycles. The standard InChI is InChI=1S/C11H15N5/c1-2-15(9-7-12-8-9)11-13-10-5-3-4-6-16(10)14-11/h3-6,9,12H,2,7-8H2,1H3. The Balaban J connectivity index is 1.96. The van der Waals surface area contributed by atoms with Gasteiger partial charge in [0.2, 0.25) is 5.95 Å². The first-order valence-electron chi connectivity index (χ1n) is 5.67. The second kappa shape index (κ2) is 3.75. The van der Waals surface area contributed by atoms with Crippen LogP contribution in [-0.2, 0) is 0 Å². The van der Waals surface area contributed by atoms with Crippen LogP contribution in [0.1, 0.15) is 6.92 Å². The number of nitrogens with zero attached hydrogens (tertiary/aromatic N) is 4. The summed E-state index contributed by atoms with van der Waals surface area (Å²) >= 11 is 0. The Morgan fingerprint density at radius 2 is 2.38 bits per heavy atom. The van der Waals surface area contributed by atoms with E-state index in [0.717, 1.165) is 31.2 Å². The average Bonchev–Trinajstić information content (AvgIpc) is 2.66. The van der Waals surface area contributed by atoms with E-state index in [4.69, 9.17) is 0 Å². The topological polar surface area (TPSA) is 45.5 Å². The van der Waals surface area contributed by atoms with Gasteiger partial charge in [-0.1, -0.05) is 6.07 Å². The monoisotopic (exact) mass is 217 g/mol. The summed E-state index contributed by atoms with van der Waals surface area (Å²) in [5.74, 6) is 0.834. The summed E-state index contributed by atoms with van der Waals surface area (Å²) in [6, 6.07) is 6.47. The smallest absolute Gasteiger partial charge is 0.246 e. The Bertz CT molecular complexity index is 455. The molecule has 5 heteroatoms. The lowest BCUT2D eigenvalue weighted by Crippen LogP contribution is -2.57. The maximum atomic E-state index is 4.54. The van der Waals surface area contributed by atoms with Crippen molar-refractivity contribution in [2.45, 2.75) is 13.0 Å². The first-order chi connectivity index (χ1) is 7.88. The van der Waals surface area contributed by atoms with Crippen LogP contribution in [0.4, 0.5) is 5.95 Å². The van der Waals surface area contributed by atoms with Gasteiger partial charge < -0.3 is 10.2 Å². The molecule has 2 aromatic rings. The Morgan fingerprint density at radius 1 is 1.50 bits per heavy atom. The molecule has 0 unspecified atom stereocenters. The van der Waals surface area contributed by atoms with E-state index in [-0.39, 0.29) is 0 Å². The minimum atomic E-state index is 0.544. The molecule has 5 nitrogen and oxygen atoms in total. The van der Waals surface area contributed by atoms with Gasteiger partial charge in [0.25, 0.3) is 0 Å². The molecule has 0 bridgehead atoms. The number of hydrogen-bond donors (Lipinski definition) is 1. The lowest BCUT2D eigenvalue weighted by Gasteiger charge is -2.36. The van der Waals surface area contributed by atoms with Crippen molar-refractivity contribution in [3.63, 3.8) is 0 Å². The minimum absolute atomic E-state index is 0.544. The maximum absolute atomic E-state index is 4.54. The Labute approximate surface area is 94.1 Å². The van der Waals surface area contributed by atoms with Gasteiger partial charge in [0.1, 0.15) is 0 Å². The van der Waals surface area contributed by atoms with Crippen LogP contribution < -0.4 is 10.2 Å². The third kappa shape index (κ3) is 1.44. The summed E-state index contributed by atoms with van der Waals surface area (Å²) in [4.78, 5) is 6.79. The number of hydrogen-bond acceptors (Lipinski definition) is 4. The van der Waals surface area contributed by atoms with Crippen LogP contribution in [0.15, 0.2) is 24.4 Å². The summed E-state index contributed by atoms with van der Waals surface area (Å²) in [5, 5.41) is 7.77. The van der Waals surface area contributed by atoms with Gasteiger partial charge in [-0.25, -0.2) is 4.52 Å². The number of anilines is 1. The molecular formula is C11H15N5. The molecule has 3 heterocycles. The van der Waals surface area contributed by atoms with E-state index in [2.05, 4.69) is 27.2 Å². The zero-order valence-corrected chi connectivity index (χ0v) is 9.30. The van der Waals surface area contributed by atoms with Crippen LogP contribution in [0.3, 0.4) is 0 Å². The number of aromatic nitrogens is 3. The fraction of sp³-hybridized carbons (Fsp3) is 0.455. The van der Waals surface area contributed by atoms with Crippen molar-refractivity contribution >= 4 is 11.6 Å². The van der Waals surface area contributed by atoms with Crippen LogP contribution in [0.5, 0.6) is 0 Å². The molecule has 3 rings (SSSR count). The Morgan fingerprint density at radius 3 is 3.00 bits per heavy atom. The van der Waals surface area contributed by atoms with E-state index >= 15 is 0 Å². The fourth-order valence-electron chi connectivity index (χ4n) is 2.00. The highest BCUT2D eigenvalue weighted by molar-refractivity contribution is 5.45. The molecule has 0 aromatic carbocycles. The summed E-state index contributed by atoms with van der Waals surface area (Å²) in [6.45, 7) is 5.15. The van der Waals surface area contributed by atoms with Gasteiger partial charge in [-0.05, 0) is 19.1 Å². The molecule has 84 valence electrons. The Hall–Kier alpha value is -1.62. The summed E-state index contributed by atoms with van der Waals surface area (Å²) in [7, 11) is 0. The summed E-state index contributed by atoms with van der Waals surface area (Å²) in [6.07, 6.45) is 1.93. The zero-order chi connectivity index (χ0) is 11.0. The molecule has 1 aliphatic rings. The fourth-order valence-corrected chi connectivity index (χ4v) is 2.00. The zero-order valence-electron chi connectivity index (χ0n) is 9.30. The van der Waals surface area contributed by atoms with Crippen molar-refractivity contribution in [1.82, 2.24) is 19.9 Å². The van der Waals surface area contributed by atoms with Crippen LogP contribution in [0.25, 0.3) is 5.65 Å². The highest BCUT2D eigenvalue weighted by Gasteiger charge is 2.26. The van der Waals surface area contributed by atoms with Crippen molar-refractivity contribution < 1.29 is 0 Å². The normalized spacial score (nSPS) is 16.3. The van der Waals surface area contributed by atoms with Crippen molar-refractivity contribution in [3.05, 3.63) is 24.4 Å². The second-order valence-electron chi connectivity index (χ2n) is 4.01. The second-order valence-corrected chi connectivity index (χ2v) is 4.01. The lowest BCUT2D eigenvalue weighted by molar-refractivity contribution is 0.413. The molecule has 0 saturated carbocycles. The van der Waals surface area contributed by atoms with Gasteiger partial charge in [-0.3, -0.25) is 0 Å². The first kappa shape index (κ1) is 9.59. The minimum Gasteiger partial charge on any atom is -0.334 e. The van der Waals surface area contributed by atoms with E-state index < -0.39 is 0 Å². The number of pyridine rings is 1. The number of rotatable bonds is 3. The molecule has 0 radical (unpaired) electrons.